The quantitative estimate of drug-likeness (QED) is 0.765. The second-order valence-corrected chi connectivity index (χ2v) is 4.77. The fourth-order valence-corrected chi connectivity index (χ4v) is 2.28. The van der Waals surface area contributed by atoms with Crippen LogP contribution in [0.1, 0.15) is 30.9 Å². The summed E-state index contributed by atoms with van der Waals surface area (Å²) >= 11 is 7.03. The van der Waals surface area contributed by atoms with E-state index in [-0.39, 0.29) is 0 Å². The molecular weight excluding hydrogens is 282 g/mol. The van der Waals surface area contributed by atoms with Crippen LogP contribution in [0, 0.1) is 0 Å². The molecule has 1 fully saturated rings. The van der Waals surface area contributed by atoms with E-state index in [0.717, 1.165) is 8.95 Å². The Labute approximate surface area is 88.8 Å². The summed E-state index contributed by atoms with van der Waals surface area (Å²) in [6.07, 6.45) is 5.80. The molecule has 0 amide bonds. The Morgan fingerprint density at radius 2 is 2.08 bits per heavy atom. The van der Waals surface area contributed by atoms with Crippen molar-refractivity contribution in [3.63, 3.8) is 0 Å². The second kappa shape index (κ2) is 3.46. The van der Waals surface area contributed by atoms with Gasteiger partial charge in [-0.1, -0.05) is 6.42 Å². The molecule has 1 aromatic heterocycles. The van der Waals surface area contributed by atoms with Crippen LogP contribution in [0.15, 0.2) is 21.2 Å². The van der Waals surface area contributed by atoms with Gasteiger partial charge in [-0.15, -0.1) is 0 Å². The van der Waals surface area contributed by atoms with Crippen molar-refractivity contribution in [2.24, 2.45) is 0 Å². The zero-order valence-electron chi connectivity index (χ0n) is 6.56. The highest BCUT2D eigenvalue weighted by Crippen LogP contribution is 2.40. The standard InChI is InChI=1S/C9H9Br2N/c10-7-4-5-12-9(8(7)11)6-2-1-3-6/h4-6H,1-3H2. The third kappa shape index (κ3) is 1.44. The molecule has 64 valence electrons. The van der Waals surface area contributed by atoms with Gasteiger partial charge in [0.15, 0.2) is 0 Å². The highest BCUT2D eigenvalue weighted by atomic mass is 79.9. The van der Waals surface area contributed by atoms with Gasteiger partial charge >= 0.3 is 0 Å². The van der Waals surface area contributed by atoms with Gasteiger partial charge in [0.25, 0.3) is 0 Å². The first-order valence-corrected chi connectivity index (χ1v) is 5.67. The van der Waals surface area contributed by atoms with Crippen LogP contribution in [0.2, 0.25) is 0 Å². The number of rotatable bonds is 1. The minimum atomic E-state index is 0.692. The maximum absolute atomic E-state index is 4.38. The van der Waals surface area contributed by atoms with Crippen molar-refractivity contribution in [1.29, 1.82) is 0 Å². The SMILES string of the molecule is Brc1ccnc(C2CCC2)c1Br. The topological polar surface area (TPSA) is 12.9 Å². The summed E-state index contributed by atoms with van der Waals surface area (Å²) in [4.78, 5) is 4.38. The van der Waals surface area contributed by atoms with Gasteiger partial charge in [-0.3, -0.25) is 4.98 Å². The Balaban J connectivity index is 2.36. The molecule has 0 aromatic carbocycles. The van der Waals surface area contributed by atoms with E-state index >= 15 is 0 Å². The van der Waals surface area contributed by atoms with Crippen molar-refractivity contribution in [2.45, 2.75) is 25.2 Å². The van der Waals surface area contributed by atoms with E-state index in [4.69, 9.17) is 0 Å². The third-order valence-corrected chi connectivity index (χ3v) is 4.39. The zero-order valence-corrected chi connectivity index (χ0v) is 9.73. The number of pyridine rings is 1. The molecule has 0 N–H and O–H groups in total. The van der Waals surface area contributed by atoms with Gasteiger partial charge in [0, 0.05) is 16.6 Å². The van der Waals surface area contributed by atoms with E-state index in [2.05, 4.69) is 36.8 Å². The Morgan fingerprint density at radius 1 is 1.33 bits per heavy atom. The molecule has 1 aliphatic carbocycles. The van der Waals surface area contributed by atoms with E-state index in [9.17, 15) is 0 Å². The highest BCUT2D eigenvalue weighted by molar-refractivity contribution is 9.13. The van der Waals surface area contributed by atoms with Gasteiger partial charge in [-0.25, -0.2) is 0 Å². The maximum atomic E-state index is 4.38. The molecule has 0 unspecified atom stereocenters. The summed E-state index contributed by atoms with van der Waals surface area (Å²) in [7, 11) is 0. The van der Waals surface area contributed by atoms with E-state index in [1.165, 1.54) is 25.0 Å². The molecule has 1 heterocycles. The molecule has 3 heteroatoms. The summed E-state index contributed by atoms with van der Waals surface area (Å²) < 4.78 is 2.24. The molecule has 12 heavy (non-hydrogen) atoms. The highest BCUT2D eigenvalue weighted by Gasteiger charge is 2.23. The van der Waals surface area contributed by atoms with Crippen molar-refractivity contribution < 1.29 is 0 Å². The summed E-state index contributed by atoms with van der Waals surface area (Å²) in [5, 5.41) is 0. The molecule has 1 aliphatic rings. The predicted octanol–water partition coefficient (Wildman–Crippen LogP) is 3.87. The van der Waals surface area contributed by atoms with Crippen LogP contribution in [0.5, 0.6) is 0 Å². The van der Waals surface area contributed by atoms with Gasteiger partial charge in [-0.2, -0.15) is 0 Å². The molecule has 0 saturated heterocycles. The van der Waals surface area contributed by atoms with Crippen molar-refractivity contribution in [3.05, 3.63) is 26.9 Å². The zero-order chi connectivity index (χ0) is 8.55. The third-order valence-electron chi connectivity index (χ3n) is 2.36. The largest absolute Gasteiger partial charge is 0.260 e. The van der Waals surface area contributed by atoms with Crippen LogP contribution < -0.4 is 0 Å². The first-order chi connectivity index (χ1) is 5.79. The van der Waals surface area contributed by atoms with E-state index in [1.54, 1.807) is 0 Å². The molecule has 2 rings (SSSR count). The van der Waals surface area contributed by atoms with Crippen molar-refractivity contribution >= 4 is 31.9 Å². The van der Waals surface area contributed by atoms with Crippen LogP contribution in [0.25, 0.3) is 0 Å². The van der Waals surface area contributed by atoms with Crippen LogP contribution >= 0.6 is 31.9 Å². The summed E-state index contributed by atoms with van der Waals surface area (Å²) in [6, 6.07) is 1.96. The molecule has 1 saturated carbocycles. The van der Waals surface area contributed by atoms with Crippen LogP contribution in [0.3, 0.4) is 0 Å². The molecule has 0 spiro atoms. The summed E-state index contributed by atoms with van der Waals surface area (Å²) in [6.45, 7) is 0. The fraction of sp³-hybridized carbons (Fsp3) is 0.444. The lowest BCUT2D eigenvalue weighted by Crippen LogP contribution is -2.11. The molecular formula is C9H9Br2N. The van der Waals surface area contributed by atoms with Gasteiger partial charge in [0.2, 0.25) is 0 Å². The van der Waals surface area contributed by atoms with Crippen LogP contribution in [0.4, 0.5) is 0 Å². The lowest BCUT2D eigenvalue weighted by molar-refractivity contribution is 0.409. The van der Waals surface area contributed by atoms with Crippen LogP contribution in [-0.2, 0) is 0 Å². The maximum Gasteiger partial charge on any atom is 0.0587 e. The Morgan fingerprint density at radius 3 is 2.67 bits per heavy atom. The number of aromatic nitrogens is 1. The van der Waals surface area contributed by atoms with E-state index in [1.807, 2.05) is 12.3 Å². The predicted molar refractivity (Wildman–Crippen MR) is 56.2 cm³/mol. The average Bonchev–Trinajstić information content (AvgIpc) is 1.95. The van der Waals surface area contributed by atoms with Gasteiger partial charge < -0.3 is 0 Å². The number of nitrogens with zero attached hydrogens (tertiary/aromatic N) is 1. The minimum absolute atomic E-state index is 0.692. The molecule has 1 aromatic rings. The molecule has 0 radical (unpaired) electrons. The summed E-state index contributed by atoms with van der Waals surface area (Å²) in [5.74, 6) is 0.692. The molecule has 0 atom stereocenters. The fourth-order valence-electron chi connectivity index (χ4n) is 1.40. The summed E-state index contributed by atoms with van der Waals surface area (Å²) in [5.41, 5.74) is 1.22. The lowest BCUT2D eigenvalue weighted by Gasteiger charge is -2.25. The molecule has 1 nitrogen and oxygen atoms in total. The monoisotopic (exact) mass is 289 g/mol. The lowest BCUT2D eigenvalue weighted by atomic mass is 9.83. The molecule has 0 bridgehead atoms. The smallest absolute Gasteiger partial charge is 0.0587 e. The van der Waals surface area contributed by atoms with Crippen molar-refractivity contribution in [3.8, 4) is 0 Å². The normalized spacial score (nSPS) is 17.5. The van der Waals surface area contributed by atoms with Gasteiger partial charge in [0.05, 0.1) is 10.2 Å². The molecule has 0 aliphatic heterocycles. The first kappa shape index (κ1) is 8.70. The minimum Gasteiger partial charge on any atom is -0.260 e. The average molecular weight is 291 g/mol. The van der Waals surface area contributed by atoms with Crippen LogP contribution in [-0.4, -0.2) is 4.98 Å². The van der Waals surface area contributed by atoms with Gasteiger partial charge in [0.1, 0.15) is 0 Å². The first-order valence-electron chi connectivity index (χ1n) is 4.09. The Hall–Kier alpha value is 0.110. The van der Waals surface area contributed by atoms with E-state index in [0.29, 0.717) is 5.92 Å². The Bertz CT molecular complexity index is 295. The second-order valence-electron chi connectivity index (χ2n) is 3.12. The number of hydrogen-bond donors (Lipinski definition) is 0. The van der Waals surface area contributed by atoms with Crippen molar-refractivity contribution in [1.82, 2.24) is 4.98 Å². The number of halogens is 2. The number of hydrogen-bond acceptors (Lipinski definition) is 1. The van der Waals surface area contributed by atoms with Crippen molar-refractivity contribution in [2.75, 3.05) is 0 Å². The van der Waals surface area contributed by atoms with E-state index < -0.39 is 0 Å². The van der Waals surface area contributed by atoms with Gasteiger partial charge in [-0.05, 0) is 50.8 Å². The Kier molecular flexibility index (Phi) is 2.51.